The van der Waals surface area contributed by atoms with Crippen molar-refractivity contribution in [3.05, 3.63) is 28.7 Å². The minimum Gasteiger partial charge on any atom is -0.324 e. The number of nitrogens with zero attached hydrogens (tertiary/aromatic N) is 1. The Bertz CT molecular complexity index is 574. The van der Waals surface area contributed by atoms with Crippen LogP contribution < -0.4 is 5.32 Å². The predicted octanol–water partition coefficient (Wildman–Crippen LogP) is 1.81. The number of sulfonamides is 1. The van der Waals surface area contributed by atoms with E-state index in [0.29, 0.717) is 18.7 Å². The highest BCUT2D eigenvalue weighted by atomic mass is 79.9. The van der Waals surface area contributed by atoms with Crippen molar-refractivity contribution in [2.45, 2.75) is 12.8 Å². The normalized spacial score (nSPS) is 19.0. The van der Waals surface area contributed by atoms with Crippen molar-refractivity contribution in [2.24, 2.45) is 0 Å². The summed E-state index contributed by atoms with van der Waals surface area (Å²) < 4.78 is 25.6. The number of benzene rings is 1. The molecule has 0 aliphatic carbocycles. The van der Waals surface area contributed by atoms with E-state index in [-0.39, 0.29) is 18.2 Å². The second-order valence-electron chi connectivity index (χ2n) is 4.38. The fourth-order valence-electron chi connectivity index (χ4n) is 1.93. The van der Waals surface area contributed by atoms with Gasteiger partial charge in [0, 0.05) is 11.0 Å². The number of nitrogens with one attached hydrogen (secondary N) is 1. The molecule has 1 aromatic carbocycles. The number of carbonyl (C=O) groups is 1. The molecule has 0 radical (unpaired) electrons. The van der Waals surface area contributed by atoms with Crippen LogP contribution in [-0.2, 0) is 14.8 Å². The average molecular weight is 347 g/mol. The molecule has 1 amide bonds. The SMILES string of the molecule is O=C(CN1CCCCS1(=O)=O)Nc1ccccc1Br. The van der Waals surface area contributed by atoms with Crippen LogP contribution in [-0.4, -0.2) is 37.5 Å². The topological polar surface area (TPSA) is 66.5 Å². The van der Waals surface area contributed by atoms with Crippen LogP contribution in [0.2, 0.25) is 0 Å². The summed E-state index contributed by atoms with van der Waals surface area (Å²) in [6.07, 6.45) is 1.48. The molecule has 5 nitrogen and oxygen atoms in total. The fraction of sp³-hybridized carbons (Fsp3) is 0.417. The lowest BCUT2D eigenvalue weighted by Gasteiger charge is -2.25. The maximum atomic E-state index is 11.9. The lowest BCUT2D eigenvalue weighted by molar-refractivity contribution is -0.116. The van der Waals surface area contributed by atoms with Crippen LogP contribution in [0.3, 0.4) is 0 Å². The van der Waals surface area contributed by atoms with Crippen LogP contribution in [0.15, 0.2) is 28.7 Å². The van der Waals surface area contributed by atoms with Gasteiger partial charge in [-0.2, -0.15) is 4.31 Å². The predicted molar refractivity (Wildman–Crippen MR) is 77.4 cm³/mol. The number of carbonyl (C=O) groups excluding carboxylic acids is 1. The largest absolute Gasteiger partial charge is 0.324 e. The number of hydrogen-bond donors (Lipinski definition) is 1. The third-order valence-corrected chi connectivity index (χ3v) is 5.52. The van der Waals surface area contributed by atoms with E-state index in [2.05, 4.69) is 21.2 Å². The van der Waals surface area contributed by atoms with Crippen molar-refractivity contribution in [2.75, 3.05) is 24.2 Å². The molecule has 0 spiro atoms. The summed E-state index contributed by atoms with van der Waals surface area (Å²) in [6, 6.07) is 7.22. The lowest BCUT2D eigenvalue weighted by atomic mass is 10.3. The number of rotatable bonds is 3. The van der Waals surface area contributed by atoms with Gasteiger partial charge in [0.1, 0.15) is 0 Å². The molecule has 19 heavy (non-hydrogen) atoms. The summed E-state index contributed by atoms with van der Waals surface area (Å²) in [5, 5.41) is 2.70. The molecule has 2 rings (SSSR count). The molecule has 1 aliphatic heterocycles. The fourth-order valence-corrected chi connectivity index (χ4v) is 3.86. The van der Waals surface area contributed by atoms with E-state index in [1.165, 1.54) is 4.31 Å². The zero-order valence-corrected chi connectivity index (χ0v) is 12.7. The van der Waals surface area contributed by atoms with Gasteiger partial charge in [-0.15, -0.1) is 0 Å². The Morgan fingerprint density at radius 2 is 2.05 bits per heavy atom. The Balaban J connectivity index is 2.00. The van der Waals surface area contributed by atoms with Gasteiger partial charge in [0.2, 0.25) is 15.9 Å². The minimum absolute atomic E-state index is 0.121. The summed E-state index contributed by atoms with van der Waals surface area (Å²) in [5.41, 5.74) is 0.641. The first-order valence-corrected chi connectivity index (χ1v) is 8.41. The van der Waals surface area contributed by atoms with Gasteiger partial charge in [0.15, 0.2) is 0 Å². The highest BCUT2D eigenvalue weighted by molar-refractivity contribution is 9.10. The van der Waals surface area contributed by atoms with Crippen LogP contribution in [0.25, 0.3) is 0 Å². The molecule has 104 valence electrons. The number of halogens is 1. The standard InChI is InChI=1S/C12H15BrN2O3S/c13-10-5-1-2-6-11(10)14-12(16)9-15-7-3-4-8-19(15,17)18/h1-2,5-6H,3-4,7-9H2,(H,14,16). The Morgan fingerprint density at radius 3 is 2.74 bits per heavy atom. The van der Waals surface area contributed by atoms with E-state index in [1.807, 2.05) is 12.1 Å². The highest BCUT2D eigenvalue weighted by Crippen LogP contribution is 2.21. The van der Waals surface area contributed by atoms with Crippen LogP contribution in [0.5, 0.6) is 0 Å². The minimum atomic E-state index is -3.26. The molecule has 1 saturated heterocycles. The molecule has 0 aromatic heterocycles. The molecule has 0 bridgehead atoms. The van der Waals surface area contributed by atoms with Gasteiger partial charge in [-0.1, -0.05) is 12.1 Å². The highest BCUT2D eigenvalue weighted by Gasteiger charge is 2.27. The van der Waals surface area contributed by atoms with Gasteiger partial charge in [-0.05, 0) is 40.9 Å². The van der Waals surface area contributed by atoms with Crippen LogP contribution in [0, 0.1) is 0 Å². The molecular weight excluding hydrogens is 332 g/mol. The van der Waals surface area contributed by atoms with Gasteiger partial charge < -0.3 is 5.32 Å². The van der Waals surface area contributed by atoms with E-state index < -0.39 is 10.0 Å². The first-order valence-electron chi connectivity index (χ1n) is 6.01. The summed E-state index contributed by atoms with van der Waals surface area (Å²) in [6.45, 7) is 0.301. The van der Waals surface area contributed by atoms with Gasteiger partial charge >= 0.3 is 0 Å². The summed E-state index contributed by atoms with van der Waals surface area (Å²) in [4.78, 5) is 11.9. The van der Waals surface area contributed by atoms with Gasteiger partial charge in [0.05, 0.1) is 18.0 Å². The molecule has 7 heteroatoms. The van der Waals surface area contributed by atoms with Crippen LogP contribution in [0.4, 0.5) is 5.69 Å². The van der Waals surface area contributed by atoms with Gasteiger partial charge in [0.25, 0.3) is 0 Å². The van der Waals surface area contributed by atoms with E-state index >= 15 is 0 Å². The van der Waals surface area contributed by atoms with E-state index in [9.17, 15) is 13.2 Å². The Hall–Kier alpha value is -0.920. The Labute approximate surface area is 121 Å². The van der Waals surface area contributed by atoms with Crippen molar-refractivity contribution in [1.82, 2.24) is 4.31 Å². The number of amides is 1. The smallest absolute Gasteiger partial charge is 0.239 e. The molecule has 1 aromatic rings. The molecule has 1 N–H and O–H groups in total. The molecule has 0 atom stereocenters. The number of para-hydroxylation sites is 1. The van der Waals surface area contributed by atoms with Crippen molar-refractivity contribution in [1.29, 1.82) is 0 Å². The summed E-state index contributed by atoms with van der Waals surface area (Å²) in [7, 11) is -3.26. The Kier molecular flexibility index (Phi) is 4.59. The second-order valence-corrected chi connectivity index (χ2v) is 7.33. The van der Waals surface area contributed by atoms with Crippen molar-refractivity contribution < 1.29 is 13.2 Å². The van der Waals surface area contributed by atoms with E-state index in [4.69, 9.17) is 0 Å². The van der Waals surface area contributed by atoms with Crippen molar-refractivity contribution >= 4 is 37.5 Å². The quantitative estimate of drug-likeness (QED) is 0.907. The first kappa shape index (κ1) is 14.5. The van der Waals surface area contributed by atoms with E-state index in [0.717, 1.165) is 10.9 Å². The van der Waals surface area contributed by atoms with Gasteiger partial charge in [-0.25, -0.2) is 8.42 Å². The zero-order valence-electron chi connectivity index (χ0n) is 10.3. The Morgan fingerprint density at radius 1 is 1.32 bits per heavy atom. The number of hydrogen-bond acceptors (Lipinski definition) is 3. The third-order valence-electron chi connectivity index (χ3n) is 2.92. The molecule has 0 saturated carbocycles. The second kappa shape index (κ2) is 6.02. The summed E-state index contributed by atoms with van der Waals surface area (Å²) >= 11 is 3.33. The monoisotopic (exact) mass is 346 g/mol. The zero-order chi connectivity index (χ0) is 13.9. The number of anilines is 1. The molecular formula is C12H15BrN2O3S. The molecule has 1 aliphatic rings. The van der Waals surface area contributed by atoms with Gasteiger partial charge in [-0.3, -0.25) is 4.79 Å². The summed E-state index contributed by atoms with van der Waals surface area (Å²) in [5.74, 6) is -0.188. The first-order chi connectivity index (χ1) is 8.99. The van der Waals surface area contributed by atoms with Crippen LogP contribution >= 0.6 is 15.9 Å². The van der Waals surface area contributed by atoms with Crippen molar-refractivity contribution in [3.8, 4) is 0 Å². The molecule has 0 unspecified atom stereocenters. The molecule has 1 fully saturated rings. The average Bonchev–Trinajstić information content (AvgIpc) is 2.35. The third kappa shape index (κ3) is 3.77. The van der Waals surface area contributed by atoms with E-state index in [1.54, 1.807) is 12.1 Å². The maximum Gasteiger partial charge on any atom is 0.239 e. The van der Waals surface area contributed by atoms with Crippen LogP contribution in [0.1, 0.15) is 12.8 Å². The lowest BCUT2D eigenvalue weighted by Crippen LogP contribution is -2.42. The molecule has 1 heterocycles. The van der Waals surface area contributed by atoms with Crippen molar-refractivity contribution in [3.63, 3.8) is 0 Å². The maximum absolute atomic E-state index is 11.9.